The fourth-order valence-corrected chi connectivity index (χ4v) is 2.97. The molecule has 21 heavy (non-hydrogen) atoms. The molecule has 1 aliphatic rings. The van der Waals surface area contributed by atoms with Gasteiger partial charge in [-0.25, -0.2) is 4.99 Å². The summed E-state index contributed by atoms with van der Waals surface area (Å²) in [7, 11) is 0. The van der Waals surface area contributed by atoms with E-state index in [1.165, 1.54) is 0 Å². The number of hydrogen-bond acceptors (Lipinski definition) is 2. The van der Waals surface area contributed by atoms with Crippen LogP contribution in [0.3, 0.4) is 0 Å². The Labute approximate surface area is 124 Å². The van der Waals surface area contributed by atoms with E-state index < -0.39 is 5.54 Å². The maximum atomic E-state index is 13.1. The number of amidine groups is 1. The lowest BCUT2D eigenvalue weighted by atomic mass is 9.83. The molecule has 106 valence electrons. The van der Waals surface area contributed by atoms with E-state index in [2.05, 4.69) is 0 Å². The smallest absolute Gasteiger partial charge is 0.265 e. The first-order valence-electron chi connectivity index (χ1n) is 7.19. The van der Waals surface area contributed by atoms with Crippen LogP contribution >= 0.6 is 0 Å². The molecule has 1 heterocycles. The van der Waals surface area contributed by atoms with E-state index in [9.17, 15) is 4.79 Å². The van der Waals surface area contributed by atoms with Gasteiger partial charge in [0.05, 0.1) is 0 Å². The summed E-state index contributed by atoms with van der Waals surface area (Å²) in [5.74, 6) is 0.801. The first-order valence-corrected chi connectivity index (χ1v) is 7.19. The molecule has 0 aliphatic carbocycles. The Morgan fingerprint density at radius 2 is 1.43 bits per heavy atom. The van der Waals surface area contributed by atoms with Gasteiger partial charge in [0.25, 0.3) is 5.91 Å². The number of rotatable bonds is 3. The van der Waals surface area contributed by atoms with Gasteiger partial charge in [-0.3, -0.25) is 9.69 Å². The molecule has 0 spiro atoms. The second-order valence-corrected chi connectivity index (χ2v) is 5.15. The van der Waals surface area contributed by atoms with Crippen molar-refractivity contribution in [2.45, 2.75) is 19.4 Å². The van der Waals surface area contributed by atoms with Gasteiger partial charge in [-0.15, -0.1) is 0 Å². The van der Waals surface area contributed by atoms with E-state index in [0.29, 0.717) is 6.54 Å². The minimum atomic E-state index is -0.942. The maximum Gasteiger partial charge on any atom is 0.265 e. The molecular weight excluding hydrogens is 260 g/mol. The average molecular weight is 278 g/mol. The van der Waals surface area contributed by atoms with Gasteiger partial charge in [-0.1, -0.05) is 60.7 Å². The minimum absolute atomic E-state index is 0.0277. The van der Waals surface area contributed by atoms with E-state index in [-0.39, 0.29) is 5.91 Å². The Kier molecular flexibility index (Phi) is 3.34. The monoisotopic (exact) mass is 278 g/mol. The molecule has 2 aromatic rings. The minimum Gasteiger partial charge on any atom is -0.298 e. The van der Waals surface area contributed by atoms with Gasteiger partial charge < -0.3 is 0 Å². The van der Waals surface area contributed by atoms with Crippen LogP contribution in [0.4, 0.5) is 0 Å². The summed E-state index contributed by atoms with van der Waals surface area (Å²) in [6.45, 7) is 4.51. The number of nitrogens with zero attached hydrogens (tertiary/aromatic N) is 2. The summed E-state index contributed by atoms with van der Waals surface area (Å²) in [6, 6.07) is 19.6. The Bertz CT molecular complexity index is 637. The van der Waals surface area contributed by atoms with Crippen molar-refractivity contribution in [1.82, 2.24) is 4.90 Å². The Morgan fingerprint density at radius 1 is 0.952 bits per heavy atom. The number of carbonyl (C=O) groups excluding carboxylic acids is 1. The second kappa shape index (κ2) is 5.17. The van der Waals surface area contributed by atoms with Gasteiger partial charge >= 0.3 is 0 Å². The van der Waals surface area contributed by atoms with Gasteiger partial charge in [0.15, 0.2) is 5.54 Å². The first-order chi connectivity index (χ1) is 10.2. The lowest BCUT2D eigenvalue weighted by Gasteiger charge is -2.27. The second-order valence-electron chi connectivity index (χ2n) is 5.15. The van der Waals surface area contributed by atoms with Crippen LogP contribution in [-0.2, 0) is 10.3 Å². The van der Waals surface area contributed by atoms with Crippen LogP contribution in [-0.4, -0.2) is 23.2 Å². The normalized spacial score (nSPS) is 17.0. The predicted octanol–water partition coefficient (Wildman–Crippen LogP) is 3.21. The summed E-state index contributed by atoms with van der Waals surface area (Å²) < 4.78 is 0. The third-order valence-electron chi connectivity index (χ3n) is 3.97. The number of benzene rings is 2. The Balaban J connectivity index is 2.26. The number of aliphatic imine (C=N–C) groups is 1. The van der Waals surface area contributed by atoms with E-state index in [1.54, 1.807) is 4.90 Å². The molecule has 2 aromatic carbocycles. The molecule has 0 unspecified atom stereocenters. The molecule has 0 N–H and O–H groups in total. The lowest BCUT2D eigenvalue weighted by Crippen LogP contribution is -2.41. The zero-order valence-corrected chi connectivity index (χ0v) is 12.3. The van der Waals surface area contributed by atoms with Crippen molar-refractivity contribution in [1.29, 1.82) is 0 Å². The van der Waals surface area contributed by atoms with Gasteiger partial charge in [0.2, 0.25) is 0 Å². The molecular formula is C18H18N2O. The molecule has 1 aliphatic heterocycles. The van der Waals surface area contributed by atoms with Crippen LogP contribution in [0.2, 0.25) is 0 Å². The predicted molar refractivity (Wildman–Crippen MR) is 84.2 cm³/mol. The van der Waals surface area contributed by atoms with Gasteiger partial charge in [-0.2, -0.15) is 0 Å². The van der Waals surface area contributed by atoms with E-state index >= 15 is 0 Å². The quantitative estimate of drug-likeness (QED) is 0.848. The van der Waals surface area contributed by atoms with Crippen molar-refractivity contribution in [3.63, 3.8) is 0 Å². The Hall–Kier alpha value is -2.42. The molecule has 1 amide bonds. The van der Waals surface area contributed by atoms with Crippen molar-refractivity contribution in [3.8, 4) is 0 Å². The van der Waals surface area contributed by atoms with Gasteiger partial charge in [0.1, 0.15) is 5.84 Å². The lowest BCUT2D eigenvalue weighted by molar-refractivity contribution is -0.130. The molecule has 0 bridgehead atoms. The van der Waals surface area contributed by atoms with Crippen LogP contribution in [0.5, 0.6) is 0 Å². The van der Waals surface area contributed by atoms with E-state index in [4.69, 9.17) is 4.99 Å². The molecule has 0 saturated heterocycles. The summed E-state index contributed by atoms with van der Waals surface area (Å²) >= 11 is 0. The highest BCUT2D eigenvalue weighted by molar-refractivity contribution is 6.09. The first kappa shape index (κ1) is 13.6. The zero-order chi connectivity index (χ0) is 14.9. The standard InChI is InChI=1S/C18H18N2O/c1-3-20-14(2)19-18(17(20)21,15-10-6-4-7-11-15)16-12-8-5-9-13-16/h4-13H,3H2,1-2H3. The molecule has 0 saturated carbocycles. The summed E-state index contributed by atoms with van der Waals surface area (Å²) in [4.78, 5) is 19.6. The SMILES string of the molecule is CCN1C(=O)C(c2ccccc2)(c2ccccc2)N=C1C. The highest BCUT2D eigenvalue weighted by atomic mass is 16.2. The summed E-state index contributed by atoms with van der Waals surface area (Å²) in [5, 5.41) is 0. The van der Waals surface area contributed by atoms with Gasteiger partial charge in [-0.05, 0) is 25.0 Å². The third-order valence-corrected chi connectivity index (χ3v) is 3.97. The van der Waals surface area contributed by atoms with E-state index in [0.717, 1.165) is 17.0 Å². The van der Waals surface area contributed by atoms with Crippen molar-refractivity contribution >= 4 is 11.7 Å². The maximum absolute atomic E-state index is 13.1. The van der Waals surface area contributed by atoms with Crippen LogP contribution < -0.4 is 0 Å². The largest absolute Gasteiger partial charge is 0.298 e. The molecule has 3 rings (SSSR count). The topological polar surface area (TPSA) is 32.7 Å². The van der Waals surface area contributed by atoms with E-state index in [1.807, 2.05) is 74.5 Å². The van der Waals surface area contributed by atoms with Gasteiger partial charge in [0, 0.05) is 6.54 Å². The molecule has 0 atom stereocenters. The summed E-state index contributed by atoms with van der Waals surface area (Å²) in [5.41, 5.74) is 0.885. The molecule has 0 fully saturated rings. The highest BCUT2D eigenvalue weighted by Gasteiger charge is 2.49. The Morgan fingerprint density at radius 3 is 1.81 bits per heavy atom. The molecule has 0 radical (unpaired) electrons. The van der Waals surface area contributed by atoms with Crippen LogP contribution in [0.1, 0.15) is 25.0 Å². The van der Waals surface area contributed by atoms with Crippen molar-refractivity contribution < 1.29 is 4.79 Å². The molecule has 0 aromatic heterocycles. The van der Waals surface area contributed by atoms with Crippen LogP contribution in [0, 0.1) is 0 Å². The molecule has 3 nitrogen and oxygen atoms in total. The third kappa shape index (κ3) is 1.97. The number of likely N-dealkylation sites (N-methyl/N-ethyl adjacent to an activating group) is 1. The fourth-order valence-electron chi connectivity index (χ4n) is 2.97. The van der Waals surface area contributed by atoms with Crippen molar-refractivity contribution in [2.75, 3.05) is 6.54 Å². The molecule has 3 heteroatoms. The van der Waals surface area contributed by atoms with Crippen LogP contribution in [0.25, 0.3) is 0 Å². The number of carbonyl (C=O) groups is 1. The number of amides is 1. The summed E-state index contributed by atoms with van der Waals surface area (Å²) in [6.07, 6.45) is 0. The van der Waals surface area contributed by atoms with Crippen molar-refractivity contribution in [3.05, 3.63) is 71.8 Å². The average Bonchev–Trinajstić information content (AvgIpc) is 2.80. The zero-order valence-electron chi connectivity index (χ0n) is 12.3. The fraction of sp³-hybridized carbons (Fsp3) is 0.222. The number of hydrogen-bond donors (Lipinski definition) is 0. The van der Waals surface area contributed by atoms with Crippen LogP contribution in [0.15, 0.2) is 65.7 Å². The highest BCUT2D eigenvalue weighted by Crippen LogP contribution is 2.39. The van der Waals surface area contributed by atoms with Crippen molar-refractivity contribution in [2.24, 2.45) is 4.99 Å².